The molecule has 7 nitrogen and oxygen atoms in total. The second-order valence-corrected chi connectivity index (χ2v) is 7.31. The zero-order valence-electron chi connectivity index (χ0n) is 17.5. The van der Waals surface area contributed by atoms with Crippen molar-refractivity contribution < 1.29 is 18.7 Å². The van der Waals surface area contributed by atoms with Crippen molar-refractivity contribution in [2.45, 2.75) is 0 Å². The number of aromatic amines is 1. The van der Waals surface area contributed by atoms with E-state index in [0.29, 0.717) is 22.7 Å². The van der Waals surface area contributed by atoms with Gasteiger partial charge in [0.05, 0.1) is 11.4 Å². The summed E-state index contributed by atoms with van der Waals surface area (Å²) in [6, 6.07) is 22.6. The van der Waals surface area contributed by atoms with Gasteiger partial charge in [0.2, 0.25) is 5.78 Å². The molecule has 0 saturated heterocycles. The van der Waals surface area contributed by atoms with E-state index in [2.05, 4.69) is 4.98 Å². The summed E-state index contributed by atoms with van der Waals surface area (Å²) in [6.07, 6.45) is 6.33. The van der Waals surface area contributed by atoms with Crippen LogP contribution in [0.5, 0.6) is 0 Å². The smallest absolute Gasteiger partial charge is 0.331 e. The summed E-state index contributed by atoms with van der Waals surface area (Å²) in [5.74, 6) is -0.347. The number of ether oxygens (including phenoxy) is 1. The minimum atomic E-state index is -0.627. The monoisotopic (exact) mass is 437 g/mol. The second kappa shape index (κ2) is 8.84. The Hall–Kier alpha value is -4.65. The summed E-state index contributed by atoms with van der Waals surface area (Å²) < 4.78 is 12.8. The molecule has 3 heterocycles. The van der Waals surface area contributed by atoms with Crippen LogP contribution in [0.1, 0.15) is 16.1 Å². The van der Waals surface area contributed by atoms with E-state index in [-0.39, 0.29) is 12.4 Å². The first-order valence-electron chi connectivity index (χ1n) is 10.3. The minimum Gasteiger partial charge on any atom is -0.454 e. The van der Waals surface area contributed by atoms with Gasteiger partial charge in [-0.15, -0.1) is 0 Å². The standard InChI is InChI=1S/C26H19N3O4/c30-22(21-10-6-14-27-21)17-32-25(31)13-12-19-16-29(20-8-2-1-3-9-20)28-26(19)24-15-18-7-4-5-11-23(18)33-24/h1-16,27H,17H2. The lowest BCUT2D eigenvalue weighted by molar-refractivity contribution is -0.136. The maximum absolute atomic E-state index is 12.2. The molecule has 0 saturated carbocycles. The van der Waals surface area contributed by atoms with Gasteiger partial charge in [0.25, 0.3) is 0 Å². The molecule has 5 aromatic rings. The van der Waals surface area contributed by atoms with Gasteiger partial charge in [0.15, 0.2) is 12.4 Å². The Morgan fingerprint density at radius 1 is 1.03 bits per heavy atom. The van der Waals surface area contributed by atoms with Gasteiger partial charge >= 0.3 is 5.97 Å². The Kier molecular flexibility index (Phi) is 5.43. The number of para-hydroxylation sites is 2. The fourth-order valence-corrected chi connectivity index (χ4v) is 3.44. The molecular formula is C26H19N3O4. The normalized spacial score (nSPS) is 11.3. The highest BCUT2D eigenvalue weighted by atomic mass is 16.5. The number of hydrogen-bond donors (Lipinski definition) is 1. The highest BCUT2D eigenvalue weighted by Crippen LogP contribution is 2.30. The Morgan fingerprint density at radius 3 is 2.64 bits per heavy atom. The topological polar surface area (TPSA) is 90.1 Å². The van der Waals surface area contributed by atoms with Crippen molar-refractivity contribution in [3.05, 3.63) is 103 Å². The Bertz CT molecular complexity index is 1410. The van der Waals surface area contributed by atoms with E-state index in [1.165, 1.54) is 6.08 Å². The van der Waals surface area contributed by atoms with E-state index in [4.69, 9.17) is 14.3 Å². The van der Waals surface area contributed by atoms with E-state index >= 15 is 0 Å². The van der Waals surface area contributed by atoms with Crippen LogP contribution < -0.4 is 0 Å². The highest BCUT2D eigenvalue weighted by Gasteiger charge is 2.16. The molecule has 0 unspecified atom stereocenters. The fraction of sp³-hybridized carbons (Fsp3) is 0.0385. The SMILES string of the molecule is O=C(C=Cc1cn(-c2ccccc2)nc1-c1cc2ccccc2o1)OCC(=O)c1ccc[nH]1. The van der Waals surface area contributed by atoms with Crippen LogP contribution in [0.4, 0.5) is 0 Å². The molecule has 0 spiro atoms. The Morgan fingerprint density at radius 2 is 1.85 bits per heavy atom. The number of ketones is 1. The average Bonchev–Trinajstić information content (AvgIpc) is 3.60. The maximum atomic E-state index is 12.2. The predicted molar refractivity (Wildman–Crippen MR) is 124 cm³/mol. The van der Waals surface area contributed by atoms with Gasteiger partial charge in [-0.1, -0.05) is 36.4 Å². The molecule has 0 radical (unpaired) electrons. The maximum Gasteiger partial charge on any atom is 0.331 e. The number of furan rings is 1. The van der Waals surface area contributed by atoms with Crippen LogP contribution in [0.15, 0.2) is 95.7 Å². The van der Waals surface area contributed by atoms with Crippen molar-refractivity contribution in [1.82, 2.24) is 14.8 Å². The van der Waals surface area contributed by atoms with Crippen LogP contribution in [0.3, 0.4) is 0 Å². The third-order valence-electron chi connectivity index (χ3n) is 5.07. The first kappa shape index (κ1) is 20.3. The van der Waals surface area contributed by atoms with E-state index in [1.807, 2.05) is 66.9 Å². The highest BCUT2D eigenvalue weighted by molar-refractivity contribution is 5.97. The van der Waals surface area contributed by atoms with Crippen molar-refractivity contribution in [1.29, 1.82) is 0 Å². The largest absolute Gasteiger partial charge is 0.454 e. The molecule has 0 aliphatic heterocycles. The number of benzene rings is 2. The average molecular weight is 437 g/mol. The molecule has 0 amide bonds. The number of nitrogens with zero attached hydrogens (tertiary/aromatic N) is 2. The van der Waals surface area contributed by atoms with Crippen molar-refractivity contribution in [3.63, 3.8) is 0 Å². The lowest BCUT2D eigenvalue weighted by Gasteiger charge is -1.99. The first-order valence-corrected chi connectivity index (χ1v) is 10.3. The summed E-state index contributed by atoms with van der Waals surface area (Å²) >= 11 is 0. The molecule has 1 N–H and O–H groups in total. The summed E-state index contributed by atoms with van der Waals surface area (Å²) in [7, 11) is 0. The number of H-pyrrole nitrogens is 1. The molecule has 2 aromatic carbocycles. The molecule has 162 valence electrons. The van der Waals surface area contributed by atoms with Crippen LogP contribution >= 0.6 is 0 Å². The van der Waals surface area contributed by atoms with Crippen LogP contribution in [0.25, 0.3) is 34.2 Å². The van der Waals surface area contributed by atoms with Gasteiger partial charge in [0, 0.05) is 29.4 Å². The number of nitrogens with one attached hydrogen (secondary N) is 1. The number of rotatable bonds is 7. The molecule has 3 aromatic heterocycles. The quantitative estimate of drug-likeness (QED) is 0.219. The molecular weight excluding hydrogens is 418 g/mol. The van der Waals surface area contributed by atoms with Crippen LogP contribution in [0.2, 0.25) is 0 Å². The number of carbonyl (C=O) groups is 2. The summed E-state index contributed by atoms with van der Waals surface area (Å²) in [4.78, 5) is 27.0. The lowest BCUT2D eigenvalue weighted by atomic mass is 10.2. The zero-order valence-corrected chi connectivity index (χ0v) is 17.5. The first-order chi connectivity index (χ1) is 16.2. The molecule has 33 heavy (non-hydrogen) atoms. The third kappa shape index (κ3) is 4.38. The predicted octanol–water partition coefficient (Wildman–Crippen LogP) is 5.05. The fourth-order valence-electron chi connectivity index (χ4n) is 3.44. The summed E-state index contributed by atoms with van der Waals surface area (Å²) in [5.41, 5.74) is 3.27. The van der Waals surface area contributed by atoms with Crippen molar-refractivity contribution >= 4 is 28.8 Å². The van der Waals surface area contributed by atoms with Gasteiger partial charge in [-0.3, -0.25) is 4.79 Å². The number of aromatic nitrogens is 3. The summed E-state index contributed by atoms with van der Waals surface area (Å²) in [5, 5.41) is 5.65. The molecule has 0 bridgehead atoms. The van der Waals surface area contributed by atoms with Crippen molar-refractivity contribution in [2.75, 3.05) is 6.61 Å². The summed E-state index contributed by atoms with van der Waals surface area (Å²) in [6.45, 7) is -0.344. The third-order valence-corrected chi connectivity index (χ3v) is 5.07. The van der Waals surface area contributed by atoms with Crippen LogP contribution in [-0.4, -0.2) is 33.1 Å². The Balaban J connectivity index is 1.42. The molecule has 0 fully saturated rings. The van der Waals surface area contributed by atoms with E-state index in [9.17, 15) is 9.59 Å². The number of carbonyl (C=O) groups excluding carboxylic acids is 2. The lowest BCUT2D eigenvalue weighted by Crippen LogP contribution is -2.12. The van der Waals surface area contributed by atoms with Gasteiger partial charge < -0.3 is 14.1 Å². The molecule has 7 heteroatoms. The number of fused-ring (bicyclic) bond motifs is 1. The number of esters is 1. The molecule has 5 rings (SSSR count). The van der Waals surface area contributed by atoms with E-state index in [1.54, 1.807) is 29.1 Å². The van der Waals surface area contributed by atoms with E-state index in [0.717, 1.165) is 16.7 Å². The van der Waals surface area contributed by atoms with Gasteiger partial charge in [0.1, 0.15) is 11.3 Å². The number of Topliss-reactive ketones (excluding diaryl/α,β-unsaturated/α-hetero) is 1. The van der Waals surface area contributed by atoms with Gasteiger partial charge in [-0.25, -0.2) is 9.48 Å². The number of hydrogen-bond acceptors (Lipinski definition) is 5. The second-order valence-electron chi connectivity index (χ2n) is 7.31. The molecule has 0 aliphatic carbocycles. The van der Waals surface area contributed by atoms with Crippen LogP contribution in [0, 0.1) is 0 Å². The van der Waals surface area contributed by atoms with Crippen molar-refractivity contribution in [3.8, 4) is 17.1 Å². The molecule has 0 atom stereocenters. The van der Waals surface area contributed by atoms with Crippen LogP contribution in [-0.2, 0) is 9.53 Å². The van der Waals surface area contributed by atoms with Gasteiger partial charge in [-0.2, -0.15) is 5.10 Å². The molecule has 0 aliphatic rings. The Labute approximate surface area is 188 Å². The van der Waals surface area contributed by atoms with E-state index < -0.39 is 5.97 Å². The minimum absolute atomic E-state index is 0.304. The zero-order chi connectivity index (χ0) is 22.6. The van der Waals surface area contributed by atoms with Gasteiger partial charge in [-0.05, 0) is 42.5 Å². The van der Waals surface area contributed by atoms with Crippen molar-refractivity contribution in [2.24, 2.45) is 0 Å².